The van der Waals surface area contributed by atoms with Crippen molar-refractivity contribution in [2.45, 2.75) is 65.6 Å². The molecule has 1 unspecified atom stereocenters. The quantitative estimate of drug-likeness (QED) is 0.793. The van der Waals surface area contributed by atoms with Gasteiger partial charge in [-0.1, -0.05) is 32.9 Å². The molecule has 2 nitrogen and oxygen atoms in total. The zero-order valence-corrected chi connectivity index (χ0v) is 13.4. The minimum absolute atomic E-state index is 0.0504. The van der Waals surface area contributed by atoms with Gasteiger partial charge in [-0.15, -0.1) is 0 Å². The van der Waals surface area contributed by atoms with Crippen molar-refractivity contribution in [1.82, 2.24) is 0 Å². The maximum Gasteiger partial charge on any atom is 0.120 e. The van der Waals surface area contributed by atoms with Crippen LogP contribution in [0.3, 0.4) is 0 Å². The number of rotatable bonds is 4. The summed E-state index contributed by atoms with van der Waals surface area (Å²) < 4.78 is 11.7. The molecule has 108 valence electrons. The molecule has 0 saturated heterocycles. The summed E-state index contributed by atoms with van der Waals surface area (Å²) in [6.45, 7) is 15.4. The molecule has 0 saturated carbocycles. The lowest BCUT2D eigenvalue weighted by Gasteiger charge is -2.24. The predicted molar refractivity (Wildman–Crippen MR) is 80.9 cm³/mol. The second kappa shape index (κ2) is 5.96. The van der Waals surface area contributed by atoms with Gasteiger partial charge in [0.1, 0.15) is 11.9 Å². The van der Waals surface area contributed by atoms with Crippen molar-refractivity contribution in [2.75, 3.05) is 6.61 Å². The topological polar surface area (TPSA) is 18.5 Å². The summed E-state index contributed by atoms with van der Waals surface area (Å²) in [7, 11) is 0. The van der Waals surface area contributed by atoms with Gasteiger partial charge in [-0.2, -0.15) is 0 Å². The third kappa shape index (κ3) is 6.11. The van der Waals surface area contributed by atoms with Crippen LogP contribution in [0.5, 0.6) is 5.75 Å². The molecule has 0 aliphatic rings. The largest absolute Gasteiger partial charge is 0.488 e. The molecule has 0 aliphatic heterocycles. The van der Waals surface area contributed by atoms with Crippen molar-refractivity contribution >= 4 is 0 Å². The highest BCUT2D eigenvalue weighted by molar-refractivity contribution is 5.32. The smallest absolute Gasteiger partial charge is 0.120 e. The standard InChI is InChI=1S/C17H28O2/c1-13(12-18-17(5,6)7)19-15-10-8-9-14(11-15)16(2,3)4/h8-11,13H,12H2,1-7H3. The second-order valence-corrected chi connectivity index (χ2v) is 7.13. The van der Waals surface area contributed by atoms with E-state index in [-0.39, 0.29) is 17.1 Å². The van der Waals surface area contributed by atoms with Gasteiger partial charge in [0, 0.05) is 0 Å². The first-order chi connectivity index (χ1) is 8.58. The molecular formula is C17H28O2. The number of hydrogen-bond donors (Lipinski definition) is 0. The lowest BCUT2D eigenvalue weighted by Crippen LogP contribution is -2.27. The summed E-state index contributed by atoms with van der Waals surface area (Å²) in [6.07, 6.45) is 0.0504. The SMILES string of the molecule is CC(COC(C)(C)C)Oc1cccc(C(C)(C)C)c1. The lowest BCUT2D eigenvalue weighted by atomic mass is 9.87. The highest BCUT2D eigenvalue weighted by Crippen LogP contribution is 2.26. The zero-order chi connectivity index (χ0) is 14.7. The molecule has 0 fully saturated rings. The molecule has 0 amide bonds. The number of benzene rings is 1. The van der Waals surface area contributed by atoms with Crippen molar-refractivity contribution in [3.8, 4) is 5.75 Å². The Morgan fingerprint density at radius 3 is 2.21 bits per heavy atom. The molecule has 1 aromatic rings. The third-order valence-corrected chi connectivity index (χ3v) is 2.79. The minimum atomic E-state index is -0.120. The van der Waals surface area contributed by atoms with Crippen LogP contribution in [0.1, 0.15) is 54.0 Å². The molecule has 0 bridgehead atoms. The van der Waals surface area contributed by atoms with E-state index in [1.807, 2.05) is 19.1 Å². The molecule has 1 atom stereocenters. The Balaban J connectivity index is 2.62. The van der Waals surface area contributed by atoms with Crippen LogP contribution in [0.25, 0.3) is 0 Å². The fourth-order valence-electron chi connectivity index (χ4n) is 1.67. The first kappa shape index (κ1) is 16.0. The molecule has 19 heavy (non-hydrogen) atoms. The van der Waals surface area contributed by atoms with Gasteiger partial charge in [0.2, 0.25) is 0 Å². The van der Waals surface area contributed by atoms with Crippen LogP contribution in [0, 0.1) is 0 Å². The average Bonchev–Trinajstić information content (AvgIpc) is 2.25. The van der Waals surface area contributed by atoms with Gasteiger partial charge in [0.25, 0.3) is 0 Å². The van der Waals surface area contributed by atoms with E-state index in [9.17, 15) is 0 Å². The van der Waals surface area contributed by atoms with Crippen LogP contribution in [-0.2, 0) is 10.2 Å². The molecule has 0 aromatic heterocycles. The van der Waals surface area contributed by atoms with Gasteiger partial charge in [-0.25, -0.2) is 0 Å². The first-order valence-electron chi connectivity index (χ1n) is 6.99. The van der Waals surface area contributed by atoms with E-state index < -0.39 is 0 Å². The maximum atomic E-state index is 5.92. The van der Waals surface area contributed by atoms with Crippen molar-refractivity contribution in [3.05, 3.63) is 29.8 Å². The lowest BCUT2D eigenvalue weighted by molar-refractivity contribution is -0.0374. The van der Waals surface area contributed by atoms with Crippen LogP contribution in [-0.4, -0.2) is 18.3 Å². The Morgan fingerprint density at radius 2 is 1.68 bits per heavy atom. The summed E-state index contributed by atoms with van der Waals surface area (Å²) in [4.78, 5) is 0. The van der Waals surface area contributed by atoms with Crippen molar-refractivity contribution in [2.24, 2.45) is 0 Å². The van der Waals surface area contributed by atoms with Crippen LogP contribution >= 0.6 is 0 Å². The van der Waals surface area contributed by atoms with Crippen LogP contribution in [0.4, 0.5) is 0 Å². The Kier molecular flexibility index (Phi) is 5.03. The van der Waals surface area contributed by atoms with E-state index >= 15 is 0 Å². The summed E-state index contributed by atoms with van der Waals surface area (Å²) >= 11 is 0. The van der Waals surface area contributed by atoms with E-state index in [0.29, 0.717) is 6.61 Å². The van der Waals surface area contributed by atoms with Gasteiger partial charge in [0.15, 0.2) is 0 Å². The Morgan fingerprint density at radius 1 is 1.05 bits per heavy atom. The summed E-state index contributed by atoms with van der Waals surface area (Å²) in [5, 5.41) is 0. The van der Waals surface area contributed by atoms with Crippen LogP contribution in [0.15, 0.2) is 24.3 Å². The molecule has 1 rings (SSSR count). The van der Waals surface area contributed by atoms with E-state index in [2.05, 4.69) is 53.7 Å². The van der Waals surface area contributed by atoms with Gasteiger partial charge >= 0.3 is 0 Å². The molecule has 1 aromatic carbocycles. The van der Waals surface area contributed by atoms with E-state index in [0.717, 1.165) is 5.75 Å². The summed E-state index contributed by atoms with van der Waals surface area (Å²) in [6, 6.07) is 8.31. The molecule has 0 heterocycles. The molecule has 0 radical (unpaired) electrons. The molecular weight excluding hydrogens is 236 g/mol. The number of hydrogen-bond acceptors (Lipinski definition) is 2. The van der Waals surface area contributed by atoms with E-state index in [1.54, 1.807) is 0 Å². The van der Waals surface area contributed by atoms with Gasteiger partial charge in [-0.3, -0.25) is 0 Å². The fraction of sp³-hybridized carbons (Fsp3) is 0.647. The maximum absolute atomic E-state index is 5.92. The minimum Gasteiger partial charge on any atom is -0.488 e. The highest BCUT2D eigenvalue weighted by atomic mass is 16.5. The Hall–Kier alpha value is -1.02. The highest BCUT2D eigenvalue weighted by Gasteiger charge is 2.16. The van der Waals surface area contributed by atoms with Crippen LogP contribution in [0.2, 0.25) is 0 Å². The van der Waals surface area contributed by atoms with Crippen LogP contribution < -0.4 is 4.74 Å². The third-order valence-electron chi connectivity index (χ3n) is 2.79. The van der Waals surface area contributed by atoms with Gasteiger partial charge in [0.05, 0.1) is 12.2 Å². The summed E-state index contributed by atoms with van der Waals surface area (Å²) in [5.41, 5.74) is 1.31. The molecule has 0 aliphatic carbocycles. The number of ether oxygens (including phenoxy) is 2. The van der Waals surface area contributed by atoms with E-state index in [4.69, 9.17) is 9.47 Å². The fourth-order valence-corrected chi connectivity index (χ4v) is 1.67. The average molecular weight is 264 g/mol. The van der Waals surface area contributed by atoms with Gasteiger partial charge in [-0.05, 0) is 50.8 Å². The molecule has 0 spiro atoms. The van der Waals surface area contributed by atoms with E-state index in [1.165, 1.54) is 5.56 Å². The normalized spacial score (nSPS) is 14.3. The Labute approximate surface area is 118 Å². The van der Waals surface area contributed by atoms with Gasteiger partial charge < -0.3 is 9.47 Å². The first-order valence-corrected chi connectivity index (χ1v) is 6.99. The summed E-state index contributed by atoms with van der Waals surface area (Å²) in [5.74, 6) is 0.914. The monoisotopic (exact) mass is 264 g/mol. The Bertz CT molecular complexity index is 396. The predicted octanol–water partition coefficient (Wildman–Crippen LogP) is 4.57. The molecule has 0 N–H and O–H groups in total. The van der Waals surface area contributed by atoms with Crippen molar-refractivity contribution < 1.29 is 9.47 Å². The second-order valence-electron chi connectivity index (χ2n) is 7.13. The van der Waals surface area contributed by atoms with Crippen molar-refractivity contribution in [3.63, 3.8) is 0 Å². The zero-order valence-electron chi connectivity index (χ0n) is 13.4. The van der Waals surface area contributed by atoms with Crippen molar-refractivity contribution in [1.29, 1.82) is 0 Å². The molecule has 2 heteroatoms.